The van der Waals surface area contributed by atoms with E-state index in [-0.39, 0.29) is 11.8 Å². The number of carbonyl (C=O) groups is 2. The Labute approximate surface area is 84.0 Å². The number of hydrogen-bond donors (Lipinski definition) is 1. The summed E-state index contributed by atoms with van der Waals surface area (Å²) in [4.78, 5) is 25.9. The van der Waals surface area contributed by atoms with Crippen molar-refractivity contribution in [1.29, 1.82) is 0 Å². The standard InChI is InChI=1S/C9H17N3O2/c1-8(13)12-5-3-11(4-6-12)7-9(14)10-2/h3-7H2,1-2H3,(H,10,14). The molecule has 2 amide bonds. The van der Waals surface area contributed by atoms with E-state index in [9.17, 15) is 9.59 Å². The zero-order valence-electron chi connectivity index (χ0n) is 8.75. The SMILES string of the molecule is CNC(=O)CN1CCN(C(C)=O)CC1. The molecular weight excluding hydrogens is 182 g/mol. The summed E-state index contributed by atoms with van der Waals surface area (Å²) in [5.41, 5.74) is 0. The lowest BCUT2D eigenvalue weighted by Crippen LogP contribution is -2.50. The highest BCUT2D eigenvalue weighted by molar-refractivity contribution is 5.77. The third-order valence-corrected chi connectivity index (χ3v) is 2.46. The highest BCUT2D eigenvalue weighted by atomic mass is 16.2. The van der Waals surface area contributed by atoms with Crippen molar-refractivity contribution < 1.29 is 9.59 Å². The van der Waals surface area contributed by atoms with Crippen LogP contribution in [0.2, 0.25) is 0 Å². The number of piperazine rings is 1. The Morgan fingerprint density at radius 2 is 1.79 bits per heavy atom. The number of rotatable bonds is 2. The highest BCUT2D eigenvalue weighted by Gasteiger charge is 2.19. The van der Waals surface area contributed by atoms with Crippen LogP contribution in [0.4, 0.5) is 0 Å². The molecule has 1 aliphatic rings. The third-order valence-electron chi connectivity index (χ3n) is 2.46. The molecule has 5 heteroatoms. The van der Waals surface area contributed by atoms with Gasteiger partial charge in [0.25, 0.3) is 0 Å². The lowest BCUT2D eigenvalue weighted by molar-refractivity contribution is -0.130. The molecule has 5 nitrogen and oxygen atoms in total. The largest absolute Gasteiger partial charge is 0.358 e. The van der Waals surface area contributed by atoms with Crippen molar-refractivity contribution in [2.75, 3.05) is 39.8 Å². The second-order valence-electron chi connectivity index (χ2n) is 3.46. The predicted molar refractivity (Wildman–Crippen MR) is 52.8 cm³/mol. The first-order valence-corrected chi connectivity index (χ1v) is 4.82. The van der Waals surface area contributed by atoms with Crippen LogP contribution in [0.25, 0.3) is 0 Å². The topological polar surface area (TPSA) is 52.7 Å². The Hall–Kier alpha value is -1.10. The molecule has 0 bridgehead atoms. The minimum atomic E-state index is 0.0290. The van der Waals surface area contributed by atoms with Crippen molar-refractivity contribution in [1.82, 2.24) is 15.1 Å². The van der Waals surface area contributed by atoms with Crippen LogP contribution in [0, 0.1) is 0 Å². The summed E-state index contributed by atoms with van der Waals surface area (Å²) in [5.74, 6) is 0.144. The summed E-state index contributed by atoms with van der Waals surface area (Å²) >= 11 is 0. The molecule has 1 heterocycles. The predicted octanol–water partition coefficient (Wildman–Crippen LogP) is -1.10. The normalized spacial score (nSPS) is 18.0. The number of amides is 2. The van der Waals surface area contributed by atoms with E-state index in [0.29, 0.717) is 6.54 Å². The van der Waals surface area contributed by atoms with E-state index in [0.717, 1.165) is 26.2 Å². The Balaban J connectivity index is 2.29. The number of nitrogens with zero attached hydrogens (tertiary/aromatic N) is 2. The van der Waals surface area contributed by atoms with Gasteiger partial charge in [-0.25, -0.2) is 0 Å². The van der Waals surface area contributed by atoms with Gasteiger partial charge in [-0.2, -0.15) is 0 Å². The molecule has 1 fully saturated rings. The summed E-state index contributed by atoms with van der Waals surface area (Å²) in [5, 5.41) is 2.59. The van der Waals surface area contributed by atoms with Crippen molar-refractivity contribution in [3.05, 3.63) is 0 Å². The second kappa shape index (κ2) is 4.95. The summed E-state index contributed by atoms with van der Waals surface area (Å²) in [6.45, 7) is 5.04. The van der Waals surface area contributed by atoms with Crippen molar-refractivity contribution in [3.63, 3.8) is 0 Å². The van der Waals surface area contributed by atoms with E-state index in [1.165, 1.54) is 0 Å². The smallest absolute Gasteiger partial charge is 0.233 e. The van der Waals surface area contributed by atoms with Crippen LogP contribution >= 0.6 is 0 Å². The molecule has 0 atom stereocenters. The molecule has 14 heavy (non-hydrogen) atoms. The van der Waals surface area contributed by atoms with Crippen molar-refractivity contribution in [2.45, 2.75) is 6.92 Å². The molecule has 80 valence electrons. The minimum Gasteiger partial charge on any atom is -0.358 e. The van der Waals surface area contributed by atoms with E-state index >= 15 is 0 Å². The zero-order valence-corrected chi connectivity index (χ0v) is 8.75. The Kier molecular flexibility index (Phi) is 3.88. The van der Waals surface area contributed by atoms with Gasteiger partial charge in [-0.05, 0) is 0 Å². The lowest BCUT2D eigenvalue weighted by Gasteiger charge is -2.33. The van der Waals surface area contributed by atoms with Gasteiger partial charge < -0.3 is 10.2 Å². The van der Waals surface area contributed by atoms with Gasteiger partial charge in [0.2, 0.25) is 11.8 Å². The molecule has 0 aromatic carbocycles. The van der Waals surface area contributed by atoms with E-state index in [2.05, 4.69) is 10.2 Å². The minimum absolute atomic E-state index is 0.0290. The number of hydrogen-bond acceptors (Lipinski definition) is 3. The van der Waals surface area contributed by atoms with E-state index in [1.807, 2.05) is 0 Å². The Morgan fingerprint density at radius 1 is 1.21 bits per heavy atom. The third kappa shape index (κ3) is 2.99. The fourth-order valence-electron chi connectivity index (χ4n) is 1.50. The summed E-state index contributed by atoms with van der Waals surface area (Å²) in [7, 11) is 1.63. The second-order valence-corrected chi connectivity index (χ2v) is 3.46. The lowest BCUT2D eigenvalue weighted by atomic mass is 10.3. The molecule has 0 radical (unpaired) electrons. The maximum absolute atomic E-state index is 11.1. The molecular formula is C9H17N3O2. The summed E-state index contributed by atoms with van der Waals surface area (Å²) in [6, 6.07) is 0. The van der Waals surface area contributed by atoms with Crippen LogP contribution in [0.15, 0.2) is 0 Å². The van der Waals surface area contributed by atoms with Crippen LogP contribution in [0.5, 0.6) is 0 Å². The first-order valence-electron chi connectivity index (χ1n) is 4.82. The Bertz CT molecular complexity index is 222. The first-order chi connectivity index (χ1) is 6.63. The van der Waals surface area contributed by atoms with Gasteiger partial charge in [-0.3, -0.25) is 14.5 Å². The number of likely N-dealkylation sites (N-methyl/N-ethyl adjacent to an activating group) is 1. The van der Waals surface area contributed by atoms with Gasteiger partial charge in [0.05, 0.1) is 6.54 Å². The van der Waals surface area contributed by atoms with Crippen LogP contribution in [-0.4, -0.2) is 61.4 Å². The molecule has 0 aromatic heterocycles. The molecule has 0 unspecified atom stereocenters. The molecule has 1 aliphatic heterocycles. The summed E-state index contributed by atoms with van der Waals surface area (Å²) < 4.78 is 0. The van der Waals surface area contributed by atoms with Crippen LogP contribution < -0.4 is 5.32 Å². The molecule has 0 aromatic rings. The molecule has 0 spiro atoms. The van der Waals surface area contributed by atoms with E-state index < -0.39 is 0 Å². The average Bonchev–Trinajstić information content (AvgIpc) is 2.18. The van der Waals surface area contributed by atoms with Gasteiger partial charge >= 0.3 is 0 Å². The Morgan fingerprint density at radius 3 is 2.21 bits per heavy atom. The first kappa shape index (κ1) is 11.0. The summed E-state index contributed by atoms with van der Waals surface area (Å²) in [6.07, 6.45) is 0. The number of nitrogens with one attached hydrogen (secondary N) is 1. The molecule has 1 saturated heterocycles. The average molecular weight is 199 g/mol. The van der Waals surface area contributed by atoms with Crippen molar-refractivity contribution in [2.24, 2.45) is 0 Å². The quantitative estimate of drug-likeness (QED) is 0.614. The zero-order chi connectivity index (χ0) is 10.6. The number of carbonyl (C=O) groups excluding carboxylic acids is 2. The van der Waals surface area contributed by atoms with Gasteiger partial charge in [0.15, 0.2) is 0 Å². The van der Waals surface area contributed by atoms with Gasteiger partial charge in [-0.15, -0.1) is 0 Å². The molecule has 1 rings (SSSR count). The van der Waals surface area contributed by atoms with Crippen LogP contribution in [0.1, 0.15) is 6.92 Å². The van der Waals surface area contributed by atoms with Crippen molar-refractivity contribution >= 4 is 11.8 Å². The molecule has 0 saturated carbocycles. The molecule has 0 aliphatic carbocycles. The van der Waals surface area contributed by atoms with E-state index in [4.69, 9.17) is 0 Å². The molecule has 1 N–H and O–H groups in total. The monoisotopic (exact) mass is 199 g/mol. The van der Waals surface area contributed by atoms with Gasteiger partial charge in [0.1, 0.15) is 0 Å². The maximum atomic E-state index is 11.1. The van der Waals surface area contributed by atoms with E-state index in [1.54, 1.807) is 18.9 Å². The van der Waals surface area contributed by atoms with Crippen molar-refractivity contribution in [3.8, 4) is 0 Å². The van der Waals surface area contributed by atoms with Crippen LogP contribution in [-0.2, 0) is 9.59 Å². The fourth-order valence-corrected chi connectivity index (χ4v) is 1.50. The highest BCUT2D eigenvalue weighted by Crippen LogP contribution is 2.00. The maximum Gasteiger partial charge on any atom is 0.233 e. The van der Waals surface area contributed by atoms with Crippen LogP contribution in [0.3, 0.4) is 0 Å². The van der Waals surface area contributed by atoms with Gasteiger partial charge in [-0.1, -0.05) is 0 Å². The van der Waals surface area contributed by atoms with Gasteiger partial charge in [0, 0.05) is 40.2 Å². The fraction of sp³-hybridized carbons (Fsp3) is 0.778.